The first-order chi connectivity index (χ1) is 8.72. The van der Waals surface area contributed by atoms with Crippen LogP contribution >= 0.6 is 0 Å². The van der Waals surface area contributed by atoms with Gasteiger partial charge in [-0.05, 0) is 25.0 Å². The number of nitrogen functional groups attached to an aromatic ring is 1. The summed E-state index contributed by atoms with van der Waals surface area (Å²) in [6.45, 7) is 4.28. The van der Waals surface area contributed by atoms with Crippen LogP contribution < -0.4 is 10.5 Å². The van der Waals surface area contributed by atoms with Crippen molar-refractivity contribution in [2.24, 2.45) is 0 Å². The zero-order chi connectivity index (χ0) is 13.0. The van der Waals surface area contributed by atoms with E-state index in [1.165, 1.54) is 0 Å². The lowest BCUT2D eigenvalue weighted by atomic mass is 10.3. The van der Waals surface area contributed by atoms with Gasteiger partial charge >= 0.3 is 0 Å². The SMILES string of the molecule is C=CCN(C(=O)COc1ccccc1N)C1CC1. The average molecular weight is 246 g/mol. The van der Waals surface area contributed by atoms with Gasteiger partial charge in [-0.25, -0.2) is 0 Å². The largest absolute Gasteiger partial charge is 0.482 e. The Morgan fingerprint density at radius 2 is 2.22 bits per heavy atom. The van der Waals surface area contributed by atoms with Crippen LogP contribution in [0.25, 0.3) is 0 Å². The molecule has 0 unspecified atom stereocenters. The maximum absolute atomic E-state index is 12.0. The highest BCUT2D eigenvalue weighted by Crippen LogP contribution is 2.27. The van der Waals surface area contributed by atoms with Gasteiger partial charge in [0.2, 0.25) is 0 Å². The molecule has 0 aliphatic heterocycles. The number of rotatable bonds is 6. The summed E-state index contributed by atoms with van der Waals surface area (Å²) in [6, 6.07) is 7.54. The van der Waals surface area contributed by atoms with Crippen LogP contribution in [0, 0.1) is 0 Å². The van der Waals surface area contributed by atoms with E-state index in [2.05, 4.69) is 6.58 Å². The van der Waals surface area contributed by atoms with Gasteiger partial charge in [0, 0.05) is 12.6 Å². The van der Waals surface area contributed by atoms with Crippen LogP contribution in [0.4, 0.5) is 5.69 Å². The number of para-hydroxylation sites is 2. The van der Waals surface area contributed by atoms with Crippen molar-refractivity contribution in [3.05, 3.63) is 36.9 Å². The van der Waals surface area contributed by atoms with Crippen molar-refractivity contribution >= 4 is 11.6 Å². The molecule has 2 rings (SSSR count). The molecule has 1 fully saturated rings. The Morgan fingerprint density at radius 3 is 2.83 bits per heavy atom. The van der Waals surface area contributed by atoms with Gasteiger partial charge in [-0.3, -0.25) is 4.79 Å². The van der Waals surface area contributed by atoms with Crippen LogP contribution in [0.1, 0.15) is 12.8 Å². The van der Waals surface area contributed by atoms with Crippen molar-refractivity contribution in [1.29, 1.82) is 0 Å². The molecule has 4 nitrogen and oxygen atoms in total. The van der Waals surface area contributed by atoms with E-state index in [1.807, 2.05) is 17.0 Å². The molecule has 0 heterocycles. The molecule has 96 valence electrons. The summed E-state index contributed by atoms with van der Waals surface area (Å²) in [6.07, 6.45) is 3.90. The zero-order valence-corrected chi connectivity index (χ0v) is 10.3. The Bertz CT molecular complexity index is 441. The topological polar surface area (TPSA) is 55.6 Å². The Hall–Kier alpha value is -1.97. The van der Waals surface area contributed by atoms with E-state index in [1.54, 1.807) is 18.2 Å². The lowest BCUT2D eigenvalue weighted by Gasteiger charge is -2.20. The average Bonchev–Trinajstić information content (AvgIpc) is 3.19. The highest BCUT2D eigenvalue weighted by Gasteiger charge is 2.31. The van der Waals surface area contributed by atoms with Gasteiger partial charge < -0.3 is 15.4 Å². The number of anilines is 1. The van der Waals surface area contributed by atoms with Crippen LogP contribution in [0.15, 0.2) is 36.9 Å². The van der Waals surface area contributed by atoms with E-state index in [4.69, 9.17) is 10.5 Å². The molecule has 2 N–H and O–H groups in total. The minimum absolute atomic E-state index is 0.0133. The number of ether oxygens (including phenoxy) is 1. The second kappa shape index (κ2) is 5.58. The van der Waals surface area contributed by atoms with Crippen LogP contribution in [0.3, 0.4) is 0 Å². The van der Waals surface area contributed by atoms with E-state index in [-0.39, 0.29) is 12.5 Å². The molecule has 0 atom stereocenters. The maximum atomic E-state index is 12.0. The van der Waals surface area contributed by atoms with Crippen molar-refractivity contribution in [3.8, 4) is 5.75 Å². The van der Waals surface area contributed by atoms with Crippen molar-refractivity contribution < 1.29 is 9.53 Å². The first-order valence-electron chi connectivity index (χ1n) is 6.10. The third-order valence-corrected chi connectivity index (χ3v) is 2.90. The smallest absolute Gasteiger partial charge is 0.261 e. The maximum Gasteiger partial charge on any atom is 0.261 e. The fourth-order valence-electron chi connectivity index (χ4n) is 1.81. The van der Waals surface area contributed by atoms with Crippen molar-refractivity contribution in [3.63, 3.8) is 0 Å². The van der Waals surface area contributed by atoms with Crippen LogP contribution in [-0.4, -0.2) is 30.0 Å². The number of amides is 1. The Kier molecular flexibility index (Phi) is 3.87. The lowest BCUT2D eigenvalue weighted by Crippen LogP contribution is -2.36. The first kappa shape index (κ1) is 12.5. The predicted octanol–water partition coefficient (Wildman–Crippen LogP) is 1.82. The van der Waals surface area contributed by atoms with Crippen LogP contribution in [-0.2, 0) is 4.79 Å². The number of hydrogen-bond acceptors (Lipinski definition) is 3. The fraction of sp³-hybridized carbons (Fsp3) is 0.357. The summed E-state index contributed by atoms with van der Waals surface area (Å²) in [5.74, 6) is 0.542. The fourth-order valence-corrected chi connectivity index (χ4v) is 1.81. The molecule has 0 aromatic heterocycles. The van der Waals surface area contributed by atoms with E-state index in [0.29, 0.717) is 24.0 Å². The number of nitrogens with zero attached hydrogens (tertiary/aromatic N) is 1. The van der Waals surface area contributed by atoms with Crippen LogP contribution in [0.2, 0.25) is 0 Å². The Labute approximate surface area is 107 Å². The van der Waals surface area contributed by atoms with E-state index in [9.17, 15) is 4.79 Å². The van der Waals surface area contributed by atoms with E-state index >= 15 is 0 Å². The molecule has 1 aromatic rings. The number of hydrogen-bond donors (Lipinski definition) is 1. The van der Waals surface area contributed by atoms with Gasteiger partial charge in [-0.1, -0.05) is 18.2 Å². The Morgan fingerprint density at radius 1 is 1.50 bits per heavy atom. The number of benzene rings is 1. The molecule has 0 bridgehead atoms. The molecule has 1 amide bonds. The summed E-state index contributed by atoms with van der Waals surface area (Å²) < 4.78 is 5.45. The zero-order valence-electron chi connectivity index (χ0n) is 10.3. The van der Waals surface area contributed by atoms with Gasteiger partial charge in [0.15, 0.2) is 6.61 Å². The monoisotopic (exact) mass is 246 g/mol. The van der Waals surface area contributed by atoms with E-state index < -0.39 is 0 Å². The van der Waals surface area contributed by atoms with Crippen molar-refractivity contribution in [2.75, 3.05) is 18.9 Å². The van der Waals surface area contributed by atoms with Gasteiger partial charge in [0.1, 0.15) is 5.75 Å². The molecular weight excluding hydrogens is 228 g/mol. The number of carbonyl (C=O) groups is 1. The third kappa shape index (κ3) is 3.03. The number of carbonyl (C=O) groups excluding carboxylic acids is 1. The highest BCUT2D eigenvalue weighted by atomic mass is 16.5. The van der Waals surface area contributed by atoms with Crippen LogP contribution in [0.5, 0.6) is 5.75 Å². The van der Waals surface area contributed by atoms with Gasteiger partial charge in [-0.2, -0.15) is 0 Å². The minimum Gasteiger partial charge on any atom is -0.482 e. The van der Waals surface area contributed by atoms with Gasteiger partial charge in [0.25, 0.3) is 5.91 Å². The van der Waals surface area contributed by atoms with Gasteiger partial charge in [0.05, 0.1) is 5.69 Å². The molecule has 1 aliphatic carbocycles. The van der Waals surface area contributed by atoms with Crippen molar-refractivity contribution in [2.45, 2.75) is 18.9 Å². The second-order valence-corrected chi connectivity index (χ2v) is 4.39. The second-order valence-electron chi connectivity index (χ2n) is 4.39. The molecular formula is C14H18N2O2. The summed E-state index contributed by atoms with van der Waals surface area (Å²) in [5, 5.41) is 0. The molecule has 1 aliphatic rings. The third-order valence-electron chi connectivity index (χ3n) is 2.90. The molecule has 18 heavy (non-hydrogen) atoms. The molecule has 0 saturated heterocycles. The standard InChI is InChI=1S/C14H18N2O2/c1-2-9-16(11-7-8-11)14(17)10-18-13-6-4-3-5-12(13)15/h2-6,11H,1,7-10,15H2. The highest BCUT2D eigenvalue weighted by molar-refractivity contribution is 5.78. The normalized spacial score (nSPS) is 14.0. The first-order valence-corrected chi connectivity index (χ1v) is 6.10. The summed E-state index contributed by atoms with van der Waals surface area (Å²) >= 11 is 0. The summed E-state index contributed by atoms with van der Waals surface area (Å²) in [7, 11) is 0. The lowest BCUT2D eigenvalue weighted by molar-refractivity contribution is -0.133. The molecule has 0 radical (unpaired) electrons. The quantitative estimate of drug-likeness (QED) is 0.615. The molecule has 1 saturated carbocycles. The minimum atomic E-state index is -0.0133. The molecule has 0 spiro atoms. The molecule has 4 heteroatoms. The molecule has 1 aromatic carbocycles. The summed E-state index contributed by atoms with van der Waals surface area (Å²) in [4.78, 5) is 13.8. The van der Waals surface area contributed by atoms with Gasteiger partial charge in [-0.15, -0.1) is 6.58 Å². The predicted molar refractivity (Wildman–Crippen MR) is 71.3 cm³/mol. The Balaban J connectivity index is 1.90. The summed E-state index contributed by atoms with van der Waals surface area (Å²) in [5.41, 5.74) is 6.30. The number of nitrogens with two attached hydrogens (primary N) is 1. The van der Waals surface area contributed by atoms with Crippen molar-refractivity contribution in [1.82, 2.24) is 4.90 Å². The van der Waals surface area contributed by atoms with E-state index in [0.717, 1.165) is 12.8 Å².